The third-order valence-electron chi connectivity index (χ3n) is 1.75. The summed E-state index contributed by atoms with van der Waals surface area (Å²) in [5.41, 5.74) is 0.726. The van der Waals surface area contributed by atoms with Crippen LogP contribution in [0, 0.1) is 18.2 Å². The molecular weight excluding hydrogens is 201 g/mol. The van der Waals surface area contributed by atoms with Gasteiger partial charge in [-0.2, -0.15) is 0 Å². The van der Waals surface area contributed by atoms with E-state index in [2.05, 4.69) is 11.2 Å². The molecule has 0 heterocycles. The van der Waals surface area contributed by atoms with Gasteiger partial charge in [0, 0.05) is 18.7 Å². The van der Waals surface area contributed by atoms with Gasteiger partial charge in [0.05, 0.1) is 5.02 Å². The summed E-state index contributed by atoms with van der Waals surface area (Å²) in [6.45, 7) is 0.741. The topological polar surface area (TPSA) is 12.0 Å². The molecule has 1 aromatic rings. The van der Waals surface area contributed by atoms with Crippen LogP contribution in [0.1, 0.15) is 12.8 Å². The van der Waals surface area contributed by atoms with E-state index in [4.69, 9.17) is 18.0 Å². The predicted molar refractivity (Wildman–Crippen MR) is 58.0 cm³/mol. The van der Waals surface area contributed by atoms with Gasteiger partial charge in [0.25, 0.3) is 0 Å². The smallest absolute Gasteiger partial charge is 0.143 e. The molecule has 0 aliphatic rings. The molecule has 1 rings (SSSR count). The lowest BCUT2D eigenvalue weighted by molar-refractivity contribution is 0.628. The van der Waals surface area contributed by atoms with E-state index >= 15 is 0 Å². The predicted octanol–water partition coefficient (Wildman–Crippen LogP) is 3.30. The molecule has 0 bridgehead atoms. The van der Waals surface area contributed by atoms with Crippen LogP contribution in [-0.2, 0) is 0 Å². The van der Waals surface area contributed by atoms with Crippen LogP contribution in [0.25, 0.3) is 0 Å². The number of rotatable bonds is 4. The van der Waals surface area contributed by atoms with Gasteiger partial charge in [0.2, 0.25) is 0 Å². The number of terminal acetylenes is 1. The van der Waals surface area contributed by atoms with E-state index in [1.165, 1.54) is 12.1 Å². The summed E-state index contributed by atoms with van der Waals surface area (Å²) in [6.07, 6.45) is 6.70. The molecule has 1 aromatic carbocycles. The molecule has 0 aromatic heterocycles. The van der Waals surface area contributed by atoms with Gasteiger partial charge in [-0.05, 0) is 24.6 Å². The summed E-state index contributed by atoms with van der Waals surface area (Å²) in [6, 6.07) is 4.64. The van der Waals surface area contributed by atoms with Crippen molar-refractivity contribution in [2.75, 3.05) is 11.9 Å². The van der Waals surface area contributed by atoms with E-state index in [9.17, 15) is 4.39 Å². The Hall–Kier alpha value is -1.20. The molecular formula is C11H11ClFN. The fourth-order valence-electron chi connectivity index (χ4n) is 1.03. The Balaban J connectivity index is 2.44. The van der Waals surface area contributed by atoms with Crippen LogP contribution in [0.4, 0.5) is 10.1 Å². The number of nitrogens with one attached hydrogen (secondary N) is 1. The third-order valence-corrected chi connectivity index (χ3v) is 2.05. The first-order valence-electron chi connectivity index (χ1n) is 4.36. The molecule has 0 aliphatic carbocycles. The van der Waals surface area contributed by atoms with Crippen molar-refractivity contribution in [2.45, 2.75) is 12.8 Å². The highest BCUT2D eigenvalue weighted by Gasteiger charge is 1.99. The standard InChI is InChI=1S/C11H11ClFN/c1-2-3-4-7-14-9-5-6-10(12)11(13)8-9/h1,5-6,8,14H,3-4,7H2. The van der Waals surface area contributed by atoms with Crippen molar-refractivity contribution >= 4 is 17.3 Å². The molecule has 0 spiro atoms. The quantitative estimate of drug-likeness (QED) is 0.595. The monoisotopic (exact) mass is 211 g/mol. The van der Waals surface area contributed by atoms with E-state index < -0.39 is 5.82 Å². The normalized spacial score (nSPS) is 9.50. The number of hydrogen-bond donors (Lipinski definition) is 1. The first-order chi connectivity index (χ1) is 6.74. The molecule has 0 aliphatic heterocycles. The average Bonchev–Trinajstić information content (AvgIpc) is 2.18. The van der Waals surface area contributed by atoms with Crippen LogP contribution in [0.15, 0.2) is 18.2 Å². The molecule has 74 valence electrons. The Kier molecular flexibility index (Phi) is 4.28. The van der Waals surface area contributed by atoms with E-state index in [-0.39, 0.29) is 5.02 Å². The van der Waals surface area contributed by atoms with Crippen molar-refractivity contribution in [2.24, 2.45) is 0 Å². The number of anilines is 1. The minimum absolute atomic E-state index is 0.138. The summed E-state index contributed by atoms with van der Waals surface area (Å²) >= 11 is 5.54. The zero-order chi connectivity index (χ0) is 10.4. The zero-order valence-corrected chi connectivity index (χ0v) is 8.44. The van der Waals surface area contributed by atoms with Crippen LogP contribution >= 0.6 is 11.6 Å². The number of hydrogen-bond acceptors (Lipinski definition) is 1. The Bertz CT molecular complexity index is 344. The van der Waals surface area contributed by atoms with Crippen molar-refractivity contribution in [3.05, 3.63) is 29.0 Å². The van der Waals surface area contributed by atoms with E-state index in [0.29, 0.717) is 0 Å². The van der Waals surface area contributed by atoms with Crippen LogP contribution in [0.5, 0.6) is 0 Å². The Morgan fingerprint density at radius 2 is 2.29 bits per heavy atom. The summed E-state index contributed by atoms with van der Waals surface area (Å²) in [7, 11) is 0. The Labute approximate surface area is 88.3 Å². The number of halogens is 2. The maximum atomic E-state index is 13.0. The maximum Gasteiger partial charge on any atom is 0.143 e. The molecule has 0 saturated carbocycles. The highest BCUT2D eigenvalue weighted by atomic mass is 35.5. The fraction of sp³-hybridized carbons (Fsp3) is 0.273. The highest BCUT2D eigenvalue weighted by Crippen LogP contribution is 2.18. The molecule has 0 amide bonds. The lowest BCUT2D eigenvalue weighted by Gasteiger charge is -2.05. The van der Waals surface area contributed by atoms with Gasteiger partial charge in [-0.1, -0.05) is 11.6 Å². The van der Waals surface area contributed by atoms with Crippen molar-refractivity contribution in [1.29, 1.82) is 0 Å². The summed E-state index contributed by atoms with van der Waals surface area (Å²) in [4.78, 5) is 0. The van der Waals surface area contributed by atoms with Gasteiger partial charge in [0.1, 0.15) is 5.82 Å². The van der Waals surface area contributed by atoms with Crippen molar-refractivity contribution in [3.63, 3.8) is 0 Å². The van der Waals surface area contributed by atoms with Gasteiger partial charge in [-0.25, -0.2) is 4.39 Å². The Morgan fingerprint density at radius 3 is 2.93 bits per heavy atom. The lowest BCUT2D eigenvalue weighted by atomic mass is 10.3. The van der Waals surface area contributed by atoms with E-state index in [0.717, 1.165) is 25.1 Å². The maximum absolute atomic E-state index is 13.0. The lowest BCUT2D eigenvalue weighted by Crippen LogP contribution is -2.01. The molecule has 14 heavy (non-hydrogen) atoms. The molecule has 3 heteroatoms. The second-order valence-corrected chi connectivity index (χ2v) is 3.27. The van der Waals surface area contributed by atoms with Gasteiger partial charge >= 0.3 is 0 Å². The fourth-order valence-corrected chi connectivity index (χ4v) is 1.15. The summed E-state index contributed by atoms with van der Waals surface area (Å²) in [5.74, 6) is 2.13. The van der Waals surface area contributed by atoms with Crippen LogP contribution in [-0.4, -0.2) is 6.54 Å². The average molecular weight is 212 g/mol. The van der Waals surface area contributed by atoms with Crippen LogP contribution in [0.2, 0.25) is 5.02 Å². The molecule has 0 atom stereocenters. The van der Waals surface area contributed by atoms with E-state index in [1.807, 2.05) is 0 Å². The van der Waals surface area contributed by atoms with Gasteiger partial charge in [-0.3, -0.25) is 0 Å². The van der Waals surface area contributed by atoms with Crippen molar-refractivity contribution < 1.29 is 4.39 Å². The zero-order valence-electron chi connectivity index (χ0n) is 7.69. The highest BCUT2D eigenvalue weighted by molar-refractivity contribution is 6.30. The molecule has 0 unspecified atom stereocenters. The minimum atomic E-state index is -0.409. The second-order valence-electron chi connectivity index (χ2n) is 2.86. The SMILES string of the molecule is C#CCCCNc1ccc(Cl)c(F)c1. The Morgan fingerprint density at radius 1 is 1.50 bits per heavy atom. The van der Waals surface area contributed by atoms with Crippen LogP contribution < -0.4 is 5.32 Å². The van der Waals surface area contributed by atoms with Gasteiger partial charge in [-0.15, -0.1) is 12.3 Å². The number of benzene rings is 1. The van der Waals surface area contributed by atoms with Crippen LogP contribution in [0.3, 0.4) is 0 Å². The molecule has 0 fully saturated rings. The number of unbranched alkanes of at least 4 members (excludes halogenated alkanes) is 1. The summed E-state index contributed by atoms with van der Waals surface area (Å²) in [5, 5.41) is 3.19. The van der Waals surface area contributed by atoms with Crippen molar-refractivity contribution in [3.8, 4) is 12.3 Å². The van der Waals surface area contributed by atoms with Gasteiger partial charge in [0.15, 0.2) is 0 Å². The first kappa shape index (κ1) is 10.9. The van der Waals surface area contributed by atoms with E-state index in [1.54, 1.807) is 6.07 Å². The largest absolute Gasteiger partial charge is 0.385 e. The molecule has 1 N–H and O–H groups in total. The second kappa shape index (κ2) is 5.51. The van der Waals surface area contributed by atoms with Gasteiger partial charge < -0.3 is 5.32 Å². The molecule has 0 radical (unpaired) electrons. The summed E-state index contributed by atoms with van der Waals surface area (Å²) < 4.78 is 13.0. The third kappa shape index (κ3) is 3.27. The molecule has 0 saturated heterocycles. The molecule has 1 nitrogen and oxygen atoms in total. The first-order valence-corrected chi connectivity index (χ1v) is 4.74. The van der Waals surface area contributed by atoms with Crippen molar-refractivity contribution in [1.82, 2.24) is 0 Å². The minimum Gasteiger partial charge on any atom is -0.385 e.